The minimum Gasteiger partial charge on any atom is -0.440 e. The zero-order chi connectivity index (χ0) is 30.1. The molecular weight excluding hydrogens is 576 g/mol. The number of halogens is 4. The number of nitriles is 1. The molecule has 2 fully saturated rings. The fourth-order valence-electron chi connectivity index (χ4n) is 5.50. The average Bonchev–Trinajstić information content (AvgIpc) is 3.41. The van der Waals surface area contributed by atoms with Crippen LogP contribution in [0.3, 0.4) is 0 Å². The van der Waals surface area contributed by atoms with Crippen LogP contribution in [-0.2, 0) is 14.6 Å². The molecule has 8 nitrogen and oxygen atoms in total. The lowest BCUT2D eigenvalue weighted by Crippen LogP contribution is -2.48. The van der Waals surface area contributed by atoms with E-state index in [4.69, 9.17) is 9.68 Å². The van der Waals surface area contributed by atoms with Crippen LogP contribution in [0.5, 0.6) is 0 Å². The molecular formula is C29H28F4N4O4S. The fraction of sp³-hybridized carbons (Fsp3) is 0.414. The molecule has 13 heteroatoms. The van der Waals surface area contributed by atoms with Crippen LogP contribution in [0.25, 0.3) is 22.7 Å². The molecule has 1 saturated heterocycles. The lowest BCUT2D eigenvalue weighted by Gasteiger charge is -2.30. The fourth-order valence-corrected chi connectivity index (χ4v) is 6.70. The first kappa shape index (κ1) is 29.6. The van der Waals surface area contributed by atoms with Gasteiger partial charge in [-0.2, -0.15) is 18.4 Å². The van der Waals surface area contributed by atoms with E-state index in [0.29, 0.717) is 61.4 Å². The van der Waals surface area contributed by atoms with E-state index in [1.54, 1.807) is 12.1 Å². The molecule has 1 unspecified atom stereocenters. The van der Waals surface area contributed by atoms with Gasteiger partial charge in [0.1, 0.15) is 17.3 Å². The number of alkyl halides is 3. The van der Waals surface area contributed by atoms with Crippen molar-refractivity contribution in [1.82, 2.24) is 10.3 Å². The van der Waals surface area contributed by atoms with E-state index in [-0.39, 0.29) is 17.4 Å². The van der Waals surface area contributed by atoms with Crippen molar-refractivity contribution in [2.24, 2.45) is 5.92 Å². The lowest BCUT2D eigenvalue weighted by molar-refractivity contribution is -0.153. The predicted octanol–water partition coefficient (Wildman–Crippen LogP) is 5.23. The van der Waals surface area contributed by atoms with Crippen molar-refractivity contribution in [1.29, 1.82) is 5.26 Å². The second-order valence-electron chi connectivity index (χ2n) is 10.5. The number of sulfone groups is 1. The number of nitrogens with one attached hydrogen (secondary N) is 1. The summed E-state index contributed by atoms with van der Waals surface area (Å²) in [5, 5.41) is 10.9. The van der Waals surface area contributed by atoms with Gasteiger partial charge >= 0.3 is 6.18 Å². The number of carbonyl (C=O) groups excluding carboxylic acids is 1. The van der Waals surface area contributed by atoms with Crippen LogP contribution in [0.1, 0.15) is 37.4 Å². The predicted molar refractivity (Wildman–Crippen MR) is 146 cm³/mol. The molecule has 1 N–H and O–H groups in total. The SMILES string of the molecule is N#CC(NC(=O)[C@@H]1CCCC[C@H]1c1oc(-c2ccc(F)cc2)nc1-c1ccc(N2CCS(=O)(=O)CC2)cc1)C(F)(F)F. The zero-order valence-electron chi connectivity index (χ0n) is 22.4. The molecule has 0 spiro atoms. The Labute approximate surface area is 240 Å². The van der Waals surface area contributed by atoms with Crippen LogP contribution < -0.4 is 10.2 Å². The van der Waals surface area contributed by atoms with E-state index in [0.717, 1.165) is 11.8 Å². The van der Waals surface area contributed by atoms with Gasteiger partial charge in [0.15, 0.2) is 9.84 Å². The standard InChI is InChI=1S/C29H28F4N4O4S/c30-20-9-5-19(6-10-20)28-36-25(18-7-11-21(12-8-18)37-13-15-42(39,40)16-14-37)26(41-28)22-3-1-2-4-23(22)27(38)35-24(17-34)29(31,32)33/h5-12,22-24H,1-4,13-16H2,(H,35,38)/t22-,23-,24?/m1/s1. The largest absolute Gasteiger partial charge is 0.440 e. The minimum absolute atomic E-state index is 0.0648. The van der Waals surface area contributed by atoms with E-state index in [1.165, 1.54) is 24.3 Å². The van der Waals surface area contributed by atoms with Crippen LogP contribution in [0.15, 0.2) is 52.9 Å². The number of benzene rings is 2. The van der Waals surface area contributed by atoms with Gasteiger partial charge in [-0.05, 0) is 49.2 Å². The van der Waals surface area contributed by atoms with Crippen LogP contribution >= 0.6 is 0 Å². The molecule has 5 rings (SSSR count). The Morgan fingerprint density at radius 1 is 1.02 bits per heavy atom. The van der Waals surface area contributed by atoms with Gasteiger partial charge in [0.25, 0.3) is 0 Å². The summed E-state index contributed by atoms with van der Waals surface area (Å²) in [7, 11) is -3.05. The van der Waals surface area contributed by atoms with E-state index >= 15 is 0 Å². The Morgan fingerprint density at radius 3 is 2.26 bits per heavy atom. The number of amides is 1. The molecule has 2 aliphatic rings. The van der Waals surface area contributed by atoms with Gasteiger partial charge in [-0.25, -0.2) is 17.8 Å². The number of nitrogens with zero attached hydrogens (tertiary/aromatic N) is 3. The molecule has 2 aromatic carbocycles. The van der Waals surface area contributed by atoms with Crippen molar-refractivity contribution in [2.45, 2.75) is 43.8 Å². The Bertz CT molecular complexity index is 1570. The highest BCUT2D eigenvalue weighted by molar-refractivity contribution is 7.91. The second kappa shape index (κ2) is 11.8. The second-order valence-corrected chi connectivity index (χ2v) is 12.8. The summed E-state index contributed by atoms with van der Waals surface area (Å²) in [6, 6.07) is 11.2. The van der Waals surface area contributed by atoms with Crippen LogP contribution in [-0.4, -0.2) is 56.1 Å². The molecule has 42 heavy (non-hydrogen) atoms. The van der Waals surface area contributed by atoms with E-state index < -0.39 is 45.6 Å². The normalized spacial score (nSPS) is 21.4. The number of carbonyl (C=O) groups is 1. The number of hydrogen-bond acceptors (Lipinski definition) is 7. The monoisotopic (exact) mass is 604 g/mol. The Hall–Kier alpha value is -3.92. The molecule has 1 aliphatic heterocycles. The molecule has 1 aliphatic carbocycles. The summed E-state index contributed by atoms with van der Waals surface area (Å²) in [5.41, 5.74) is 2.33. The summed E-state index contributed by atoms with van der Waals surface area (Å²) in [4.78, 5) is 19.8. The molecule has 3 atom stereocenters. The minimum atomic E-state index is -4.91. The van der Waals surface area contributed by atoms with Gasteiger partial charge in [0.2, 0.25) is 17.8 Å². The van der Waals surface area contributed by atoms with Gasteiger partial charge in [-0.1, -0.05) is 25.0 Å². The van der Waals surface area contributed by atoms with Crippen molar-refractivity contribution < 1.29 is 35.2 Å². The number of anilines is 1. The zero-order valence-corrected chi connectivity index (χ0v) is 23.2. The molecule has 1 saturated carbocycles. The first-order valence-electron chi connectivity index (χ1n) is 13.5. The highest BCUT2D eigenvalue weighted by Crippen LogP contribution is 2.44. The average molecular weight is 605 g/mol. The third-order valence-electron chi connectivity index (χ3n) is 7.78. The van der Waals surface area contributed by atoms with Gasteiger partial charge in [0, 0.05) is 41.7 Å². The van der Waals surface area contributed by atoms with Crippen molar-refractivity contribution >= 4 is 21.4 Å². The molecule has 1 aromatic heterocycles. The first-order valence-corrected chi connectivity index (χ1v) is 15.4. The summed E-state index contributed by atoms with van der Waals surface area (Å²) >= 11 is 0. The third-order valence-corrected chi connectivity index (χ3v) is 9.39. The maximum absolute atomic E-state index is 13.6. The lowest BCUT2D eigenvalue weighted by atomic mass is 9.76. The molecule has 3 aromatic rings. The van der Waals surface area contributed by atoms with Gasteiger partial charge < -0.3 is 14.6 Å². The van der Waals surface area contributed by atoms with E-state index in [2.05, 4.69) is 4.98 Å². The summed E-state index contributed by atoms with van der Waals surface area (Å²) in [6.45, 7) is 0.734. The maximum Gasteiger partial charge on any atom is 0.422 e. The van der Waals surface area contributed by atoms with E-state index in [9.17, 15) is 30.8 Å². The number of oxazole rings is 1. The maximum atomic E-state index is 13.6. The Kier molecular flexibility index (Phi) is 8.28. The van der Waals surface area contributed by atoms with Gasteiger partial charge in [0.05, 0.1) is 17.6 Å². The van der Waals surface area contributed by atoms with Crippen LogP contribution in [0.4, 0.5) is 23.2 Å². The molecule has 0 radical (unpaired) electrons. The highest BCUT2D eigenvalue weighted by Gasteiger charge is 2.44. The Morgan fingerprint density at radius 2 is 1.64 bits per heavy atom. The number of rotatable bonds is 6. The summed E-state index contributed by atoms with van der Waals surface area (Å²) in [6.07, 6.45) is -2.84. The molecule has 2 heterocycles. The smallest absolute Gasteiger partial charge is 0.422 e. The van der Waals surface area contributed by atoms with Crippen molar-refractivity contribution in [3.63, 3.8) is 0 Å². The quantitative estimate of drug-likeness (QED) is 0.383. The van der Waals surface area contributed by atoms with Crippen molar-refractivity contribution in [2.75, 3.05) is 29.5 Å². The molecule has 0 bridgehead atoms. The van der Waals surface area contributed by atoms with Gasteiger partial charge in [-0.3, -0.25) is 4.79 Å². The highest BCUT2D eigenvalue weighted by atomic mass is 32.2. The topological polar surface area (TPSA) is 116 Å². The van der Waals surface area contributed by atoms with Crippen LogP contribution in [0.2, 0.25) is 0 Å². The van der Waals surface area contributed by atoms with E-state index in [1.807, 2.05) is 22.3 Å². The van der Waals surface area contributed by atoms with Crippen molar-refractivity contribution in [3.05, 3.63) is 60.1 Å². The number of hydrogen-bond donors (Lipinski definition) is 1. The number of aromatic nitrogens is 1. The first-order chi connectivity index (χ1) is 19.9. The third kappa shape index (κ3) is 6.43. The van der Waals surface area contributed by atoms with Crippen molar-refractivity contribution in [3.8, 4) is 28.8 Å². The Balaban J connectivity index is 1.50. The molecule has 222 valence electrons. The summed E-state index contributed by atoms with van der Waals surface area (Å²) < 4.78 is 83.2. The molecule has 1 amide bonds. The summed E-state index contributed by atoms with van der Waals surface area (Å²) in [5.74, 6) is -2.22. The van der Waals surface area contributed by atoms with Gasteiger partial charge in [-0.15, -0.1) is 0 Å². The van der Waals surface area contributed by atoms with Crippen LogP contribution in [0, 0.1) is 23.1 Å².